The van der Waals surface area contributed by atoms with Gasteiger partial charge in [-0.15, -0.1) is 0 Å². The lowest BCUT2D eigenvalue weighted by atomic mass is 10.1. The van der Waals surface area contributed by atoms with Crippen LogP contribution in [0.5, 0.6) is 5.88 Å². The molecule has 0 aromatic carbocycles. The lowest BCUT2D eigenvalue weighted by Crippen LogP contribution is -1.98. The van der Waals surface area contributed by atoms with Crippen molar-refractivity contribution in [2.24, 2.45) is 0 Å². The highest BCUT2D eigenvalue weighted by Gasteiger charge is 2.00. The molecule has 3 nitrogen and oxygen atoms in total. The topological polar surface area (TPSA) is 42.4 Å². The number of aryl methyl sites for hydroxylation is 1. The highest BCUT2D eigenvalue weighted by molar-refractivity contribution is 5.24. The van der Waals surface area contributed by atoms with E-state index in [0.717, 1.165) is 11.3 Å². The smallest absolute Gasteiger partial charge is 0.213 e. The molecule has 66 valence electrons. The summed E-state index contributed by atoms with van der Waals surface area (Å²) in [5.41, 5.74) is 1.99. The van der Waals surface area contributed by atoms with Crippen LogP contribution in [0.2, 0.25) is 0 Å². The predicted octanol–water partition coefficient (Wildman–Crippen LogP) is 0.933. The standard InChI is InChI=1S/C9H13NO2/c1-7-8(5-6-11)3-4-9(10-7)12-2/h3-4,11H,5-6H2,1-2H3. The molecule has 0 aliphatic rings. The van der Waals surface area contributed by atoms with Crippen LogP contribution in [0.4, 0.5) is 0 Å². The summed E-state index contributed by atoms with van der Waals surface area (Å²) in [6.45, 7) is 2.07. The Hall–Kier alpha value is -1.09. The molecule has 1 rings (SSSR count). The molecular formula is C9H13NO2. The number of hydrogen-bond donors (Lipinski definition) is 1. The summed E-state index contributed by atoms with van der Waals surface area (Å²) < 4.78 is 4.95. The van der Waals surface area contributed by atoms with Crippen molar-refractivity contribution in [1.29, 1.82) is 0 Å². The van der Waals surface area contributed by atoms with E-state index in [2.05, 4.69) is 4.98 Å². The van der Waals surface area contributed by atoms with Gasteiger partial charge < -0.3 is 9.84 Å². The Morgan fingerprint density at radius 1 is 1.50 bits per heavy atom. The number of aliphatic hydroxyl groups excluding tert-OH is 1. The Kier molecular flexibility index (Phi) is 3.05. The SMILES string of the molecule is COc1ccc(CCO)c(C)n1. The van der Waals surface area contributed by atoms with Gasteiger partial charge >= 0.3 is 0 Å². The normalized spacial score (nSPS) is 9.92. The average Bonchev–Trinajstić information content (AvgIpc) is 2.09. The van der Waals surface area contributed by atoms with Gasteiger partial charge in [-0.05, 0) is 18.9 Å². The Balaban J connectivity index is 2.87. The molecule has 1 N–H and O–H groups in total. The monoisotopic (exact) mass is 167 g/mol. The molecule has 1 aromatic rings. The first-order valence-corrected chi connectivity index (χ1v) is 3.89. The van der Waals surface area contributed by atoms with Crippen LogP contribution in [-0.2, 0) is 6.42 Å². The fourth-order valence-electron chi connectivity index (χ4n) is 1.07. The number of rotatable bonds is 3. The lowest BCUT2D eigenvalue weighted by molar-refractivity contribution is 0.299. The molecule has 0 unspecified atom stereocenters. The minimum absolute atomic E-state index is 0.162. The maximum Gasteiger partial charge on any atom is 0.213 e. The molecule has 0 bridgehead atoms. The minimum Gasteiger partial charge on any atom is -0.481 e. The zero-order valence-corrected chi connectivity index (χ0v) is 7.37. The van der Waals surface area contributed by atoms with Crippen LogP contribution >= 0.6 is 0 Å². The van der Waals surface area contributed by atoms with E-state index in [9.17, 15) is 0 Å². The fraction of sp³-hybridized carbons (Fsp3) is 0.444. The molecular weight excluding hydrogens is 154 g/mol. The van der Waals surface area contributed by atoms with E-state index in [1.165, 1.54) is 0 Å². The molecule has 1 heterocycles. The van der Waals surface area contributed by atoms with Gasteiger partial charge in [-0.25, -0.2) is 4.98 Å². The third kappa shape index (κ3) is 1.95. The second-order valence-electron chi connectivity index (χ2n) is 2.57. The van der Waals surface area contributed by atoms with Crippen LogP contribution in [0.15, 0.2) is 12.1 Å². The van der Waals surface area contributed by atoms with Gasteiger partial charge in [0, 0.05) is 18.4 Å². The second-order valence-corrected chi connectivity index (χ2v) is 2.57. The zero-order chi connectivity index (χ0) is 8.97. The zero-order valence-electron chi connectivity index (χ0n) is 7.37. The van der Waals surface area contributed by atoms with Gasteiger partial charge in [-0.1, -0.05) is 6.07 Å². The van der Waals surface area contributed by atoms with E-state index in [1.54, 1.807) is 13.2 Å². The van der Waals surface area contributed by atoms with Crippen molar-refractivity contribution in [3.05, 3.63) is 23.4 Å². The predicted molar refractivity (Wildman–Crippen MR) is 46.3 cm³/mol. The summed E-state index contributed by atoms with van der Waals surface area (Å²) in [6, 6.07) is 3.73. The Morgan fingerprint density at radius 2 is 2.25 bits per heavy atom. The van der Waals surface area contributed by atoms with E-state index < -0.39 is 0 Å². The summed E-state index contributed by atoms with van der Waals surface area (Å²) >= 11 is 0. The molecule has 0 saturated carbocycles. The number of aromatic nitrogens is 1. The van der Waals surface area contributed by atoms with Crippen molar-refractivity contribution in [3.8, 4) is 5.88 Å². The van der Waals surface area contributed by atoms with E-state index in [1.807, 2.05) is 13.0 Å². The first-order chi connectivity index (χ1) is 5.77. The highest BCUT2D eigenvalue weighted by atomic mass is 16.5. The summed E-state index contributed by atoms with van der Waals surface area (Å²) in [4.78, 5) is 4.18. The molecule has 0 amide bonds. The van der Waals surface area contributed by atoms with Crippen LogP contribution in [0, 0.1) is 6.92 Å². The minimum atomic E-state index is 0.162. The van der Waals surface area contributed by atoms with Crippen molar-refractivity contribution < 1.29 is 9.84 Å². The van der Waals surface area contributed by atoms with Gasteiger partial charge in [0.15, 0.2) is 0 Å². The van der Waals surface area contributed by atoms with Gasteiger partial charge in [-0.3, -0.25) is 0 Å². The van der Waals surface area contributed by atoms with Crippen LogP contribution in [-0.4, -0.2) is 23.8 Å². The van der Waals surface area contributed by atoms with Crippen molar-refractivity contribution in [3.63, 3.8) is 0 Å². The molecule has 0 aliphatic carbocycles. The number of hydrogen-bond acceptors (Lipinski definition) is 3. The van der Waals surface area contributed by atoms with Crippen LogP contribution in [0.1, 0.15) is 11.3 Å². The molecule has 0 aliphatic heterocycles. The van der Waals surface area contributed by atoms with Gasteiger partial charge in [0.1, 0.15) is 0 Å². The third-order valence-corrected chi connectivity index (χ3v) is 1.76. The number of methoxy groups -OCH3 is 1. The Labute approximate surface area is 72.0 Å². The van der Waals surface area contributed by atoms with Crippen molar-refractivity contribution >= 4 is 0 Å². The molecule has 0 atom stereocenters. The largest absolute Gasteiger partial charge is 0.481 e. The Bertz CT molecular complexity index is 261. The van der Waals surface area contributed by atoms with E-state index >= 15 is 0 Å². The molecule has 3 heteroatoms. The summed E-state index contributed by atoms with van der Waals surface area (Å²) in [6.07, 6.45) is 0.656. The average molecular weight is 167 g/mol. The maximum atomic E-state index is 8.71. The third-order valence-electron chi connectivity index (χ3n) is 1.76. The van der Waals surface area contributed by atoms with E-state index in [-0.39, 0.29) is 6.61 Å². The van der Waals surface area contributed by atoms with Gasteiger partial charge in [0.25, 0.3) is 0 Å². The van der Waals surface area contributed by atoms with Crippen LogP contribution in [0.25, 0.3) is 0 Å². The molecule has 0 radical (unpaired) electrons. The molecule has 0 spiro atoms. The Morgan fingerprint density at radius 3 is 2.75 bits per heavy atom. The number of pyridine rings is 1. The summed E-state index contributed by atoms with van der Waals surface area (Å²) in [5, 5.41) is 8.71. The first kappa shape index (κ1) is 9.00. The number of aliphatic hydroxyl groups is 1. The quantitative estimate of drug-likeness (QED) is 0.728. The second kappa shape index (κ2) is 4.07. The van der Waals surface area contributed by atoms with Gasteiger partial charge in [0.05, 0.1) is 7.11 Å². The first-order valence-electron chi connectivity index (χ1n) is 3.89. The molecule has 0 fully saturated rings. The van der Waals surface area contributed by atoms with Crippen molar-refractivity contribution in [2.45, 2.75) is 13.3 Å². The fourth-order valence-corrected chi connectivity index (χ4v) is 1.07. The lowest BCUT2D eigenvalue weighted by Gasteiger charge is -2.04. The van der Waals surface area contributed by atoms with Gasteiger partial charge in [0.2, 0.25) is 5.88 Å². The van der Waals surface area contributed by atoms with Gasteiger partial charge in [-0.2, -0.15) is 0 Å². The van der Waals surface area contributed by atoms with Crippen molar-refractivity contribution in [2.75, 3.05) is 13.7 Å². The van der Waals surface area contributed by atoms with Crippen LogP contribution < -0.4 is 4.74 Å². The molecule has 1 aromatic heterocycles. The molecule has 12 heavy (non-hydrogen) atoms. The molecule has 0 saturated heterocycles. The maximum absolute atomic E-state index is 8.71. The summed E-state index contributed by atoms with van der Waals surface area (Å²) in [5.74, 6) is 0.620. The summed E-state index contributed by atoms with van der Waals surface area (Å²) in [7, 11) is 1.59. The number of ether oxygens (including phenoxy) is 1. The van der Waals surface area contributed by atoms with E-state index in [0.29, 0.717) is 12.3 Å². The highest BCUT2D eigenvalue weighted by Crippen LogP contribution is 2.11. The number of nitrogens with zero attached hydrogens (tertiary/aromatic N) is 1. The van der Waals surface area contributed by atoms with Crippen LogP contribution in [0.3, 0.4) is 0 Å². The van der Waals surface area contributed by atoms with E-state index in [4.69, 9.17) is 9.84 Å². The van der Waals surface area contributed by atoms with Crippen molar-refractivity contribution in [1.82, 2.24) is 4.98 Å².